The summed E-state index contributed by atoms with van der Waals surface area (Å²) in [5, 5.41) is 21.5. The van der Waals surface area contributed by atoms with Crippen LogP contribution in [0, 0.1) is 5.92 Å². The van der Waals surface area contributed by atoms with Gasteiger partial charge in [-0.1, -0.05) is 31.7 Å². The van der Waals surface area contributed by atoms with Gasteiger partial charge in [-0.25, -0.2) is 15.1 Å². The molecule has 5 N–H and O–H groups in total. The second-order valence-electron chi connectivity index (χ2n) is 7.48. The van der Waals surface area contributed by atoms with E-state index in [-0.39, 0.29) is 32.0 Å². The van der Waals surface area contributed by atoms with Gasteiger partial charge in [-0.3, -0.25) is 4.18 Å². The fourth-order valence-corrected chi connectivity index (χ4v) is 4.43. The van der Waals surface area contributed by atoms with Crippen molar-refractivity contribution in [3.05, 3.63) is 41.7 Å². The molecule has 0 radical (unpaired) electrons. The van der Waals surface area contributed by atoms with Crippen LogP contribution in [0.15, 0.2) is 30.6 Å². The van der Waals surface area contributed by atoms with Crippen molar-refractivity contribution in [2.45, 2.75) is 51.3 Å². The Bertz CT molecular complexity index is 973. The van der Waals surface area contributed by atoms with E-state index in [4.69, 9.17) is 5.14 Å². The van der Waals surface area contributed by atoms with Gasteiger partial charge in [0.15, 0.2) is 0 Å². The van der Waals surface area contributed by atoms with E-state index in [1.54, 1.807) is 0 Å². The van der Waals surface area contributed by atoms with E-state index in [0.29, 0.717) is 24.7 Å². The van der Waals surface area contributed by atoms with Gasteiger partial charge in [-0.2, -0.15) is 13.4 Å². The van der Waals surface area contributed by atoms with Crippen molar-refractivity contribution in [1.82, 2.24) is 15.0 Å². The molecule has 1 aromatic carbocycles. The molecule has 1 saturated carbocycles. The Kier molecular flexibility index (Phi) is 6.86. The highest BCUT2D eigenvalue weighted by atomic mass is 32.2. The molecule has 2 aromatic rings. The molecule has 1 aromatic heterocycles. The summed E-state index contributed by atoms with van der Waals surface area (Å²) < 4.78 is 26.5. The summed E-state index contributed by atoms with van der Waals surface area (Å²) in [7, 11) is -4.02. The summed E-state index contributed by atoms with van der Waals surface area (Å²) in [6.07, 6.45) is 3.69. The molecule has 11 heteroatoms. The molecule has 1 fully saturated rings. The van der Waals surface area contributed by atoms with Gasteiger partial charge in [0.1, 0.15) is 6.33 Å². The number of aliphatic hydroxyl groups excluding tert-OH is 1. The quantitative estimate of drug-likeness (QED) is 0.504. The van der Waals surface area contributed by atoms with Crippen molar-refractivity contribution in [3.8, 4) is 0 Å². The van der Waals surface area contributed by atoms with E-state index < -0.39 is 16.4 Å². The molecule has 164 valence electrons. The summed E-state index contributed by atoms with van der Waals surface area (Å²) >= 11 is 0. The number of fused-ring (bicyclic) bond motifs is 1. The van der Waals surface area contributed by atoms with E-state index in [2.05, 4.69) is 41.9 Å². The fourth-order valence-electron chi connectivity index (χ4n) is 4.06. The minimum absolute atomic E-state index is 0. The van der Waals surface area contributed by atoms with Crippen LogP contribution in [-0.2, 0) is 20.9 Å². The van der Waals surface area contributed by atoms with Gasteiger partial charge < -0.3 is 15.7 Å². The Morgan fingerprint density at radius 2 is 1.90 bits per heavy atom. The summed E-state index contributed by atoms with van der Waals surface area (Å²) in [5.41, 5.74) is 2.60. The first-order valence-corrected chi connectivity index (χ1v) is 11.0. The molecule has 0 aliphatic heterocycles. The molecule has 0 unspecified atom stereocenters. The van der Waals surface area contributed by atoms with Crippen LogP contribution in [0.25, 0.3) is 0 Å². The van der Waals surface area contributed by atoms with Crippen molar-refractivity contribution in [1.29, 1.82) is 0 Å². The molecule has 0 saturated heterocycles. The van der Waals surface area contributed by atoms with E-state index in [9.17, 15) is 13.5 Å². The monoisotopic (exact) mass is 436 g/mol. The molecule has 1 heterocycles. The number of hydrogen-bond donors (Lipinski definition) is 4. The van der Waals surface area contributed by atoms with Gasteiger partial charge in [-0.15, -0.1) is 0 Å². The van der Waals surface area contributed by atoms with E-state index >= 15 is 0 Å². The normalized spacial score (nSPS) is 25.4. The Morgan fingerprint density at radius 1 is 1.17 bits per heavy atom. The second kappa shape index (κ2) is 9.21. The number of nitrogens with one attached hydrogen (secondary N) is 2. The second-order valence-corrected chi connectivity index (χ2v) is 8.71. The minimum atomic E-state index is -4.02. The zero-order chi connectivity index (χ0) is 20.4. The van der Waals surface area contributed by atoms with Gasteiger partial charge in [0.05, 0.1) is 18.8 Å². The van der Waals surface area contributed by atoms with Gasteiger partial charge in [0.2, 0.25) is 11.9 Å². The first-order valence-electron chi connectivity index (χ1n) is 9.52. The number of rotatable bonds is 7. The molecule has 4 rings (SSSR count). The Balaban J connectivity index is 0.00000256. The number of nitrogens with two attached hydrogens (primary N) is 1. The summed E-state index contributed by atoms with van der Waals surface area (Å²) in [4.78, 5) is 12.8. The third kappa shape index (κ3) is 5.42. The molecule has 0 spiro atoms. The lowest BCUT2D eigenvalue weighted by molar-refractivity contribution is 0.101. The van der Waals surface area contributed by atoms with Crippen LogP contribution < -0.4 is 15.8 Å². The zero-order valence-corrected chi connectivity index (χ0v) is 16.5. The van der Waals surface area contributed by atoms with E-state index in [1.807, 2.05) is 12.1 Å². The van der Waals surface area contributed by atoms with E-state index in [1.165, 1.54) is 17.5 Å². The third-order valence-electron chi connectivity index (χ3n) is 5.45. The summed E-state index contributed by atoms with van der Waals surface area (Å²) in [6.45, 7) is -0.150. The van der Waals surface area contributed by atoms with Crippen LogP contribution in [0.1, 0.15) is 43.9 Å². The largest absolute Gasteiger partial charge is 0.393 e. The minimum Gasteiger partial charge on any atom is -0.393 e. The molecule has 0 amide bonds. The molecule has 0 bridgehead atoms. The van der Waals surface area contributed by atoms with Crippen LogP contribution in [0.2, 0.25) is 0 Å². The molecule has 4 atom stereocenters. The average Bonchev–Trinajstić information content (AvgIpc) is 3.23. The fraction of sp³-hybridized carbons (Fsp3) is 0.526. The van der Waals surface area contributed by atoms with Gasteiger partial charge >= 0.3 is 10.3 Å². The first-order chi connectivity index (χ1) is 13.9. The number of aromatic nitrogens is 3. The number of hydrogen-bond acceptors (Lipinski definition) is 9. The number of aryl methyl sites for hydroxylation is 1. The Labute approximate surface area is 176 Å². The highest BCUT2D eigenvalue weighted by molar-refractivity contribution is 7.84. The summed E-state index contributed by atoms with van der Waals surface area (Å²) in [5.74, 6) is 0.552. The number of nitrogens with zero attached hydrogens (tertiary/aromatic N) is 3. The lowest BCUT2D eigenvalue weighted by Crippen LogP contribution is -2.24. The smallest absolute Gasteiger partial charge is 0.333 e. The molecular weight excluding hydrogens is 408 g/mol. The van der Waals surface area contributed by atoms with Crippen molar-refractivity contribution >= 4 is 22.2 Å². The molecule has 30 heavy (non-hydrogen) atoms. The predicted molar refractivity (Wildman–Crippen MR) is 113 cm³/mol. The van der Waals surface area contributed by atoms with Gasteiger partial charge in [0.25, 0.3) is 0 Å². The standard InChI is InChI=1S/C18H24N6O4S.CH4/c19-29(26,27)28-9-12-7-13(8-16(12)25)22-17-20-10-21-18(24-17)23-15-6-5-11-3-1-2-4-14(11)15;/h1-4,10,12-13,15-16,25H,5-9H2,(H2,19,26,27)(H2,20,21,22,23,24);1H4/t12-,13+,15-,16-;/m0./s1. The third-order valence-corrected chi connectivity index (χ3v) is 5.91. The maximum absolute atomic E-state index is 10.9. The molecule has 2 aliphatic carbocycles. The van der Waals surface area contributed by atoms with Crippen LogP contribution in [0.4, 0.5) is 11.9 Å². The van der Waals surface area contributed by atoms with E-state index in [0.717, 1.165) is 12.8 Å². The zero-order valence-electron chi connectivity index (χ0n) is 15.7. The Hall–Kier alpha value is -2.34. The maximum Gasteiger partial charge on any atom is 0.333 e. The lowest BCUT2D eigenvalue weighted by Gasteiger charge is -2.16. The topological polar surface area (TPSA) is 152 Å². The van der Waals surface area contributed by atoms with Crippen molar-refractivity contribution in [3.63, 3.8) is 0 Å². The summed E-state index contributed by atoms with van der Waals surface area (Å²) in [6, 6.07) is 8.38. The van der Waals surface area contributed by atoms with Crippen molar-refractivity contribution in [2.24, 2.45) is 11.1 Å². The highest BCUT2D eigenvalue weighted by Crippen LogP contribution is 2.33. The number of anilines is 2. The van der Waals surface area contributed by atoms with Crippen LogP contribution in [-0.4, -0.2) is 47.2 Å². The SMILES string of the molecule is C.NS(=O)(=O)OC[C@@H]1C[C@@H](Nc2ncnc(N[C@H]3CCc4ccccc43)n2)C[C@@H]1O. The van der Waals surface area contributed by atoms with Crippen LogP contribution >= 0.6 is 0 Å². The molecule has 10 nitrogen and oxygen atoms in total. The predicted octanol–water partition coefficient (Wildman–Crippen LogP) is 1.38. The van der Waals surface area contributed by atoms with Gasteiger partial charge in [-0.05, 0) is 36.8 Å². The maximum atomic E-state index is 10.9. The molecular formula is C19H28N6O4S. The van der Waals surface area contributed by atoms with Crippen LogP contribution in [0.5, 0.6) is 0 Å². The van der Waals surface area contributed by atoms with Crippen molar-refractivity contribution < 1.29 is 17.7 Å². The first kappa shape index (κ1) is 22.3. The van der Waals surface area contributed by atoms with Crippen LogP contribution in [0.3, 0.4) is 0 Å². The average molecular weight is 437 g/mol. The van der Waals surface area contributed by atoms with Gasteiger partial charge in [0, 0.05) is 12.0 Å². The van der Waals surface area contributed by atoms with Crippen molar-refractivity contribution in [2.75, 3.05) is 17.2 Å². The number of benzene rings is 1. The lowest BCUT2D eigenvalue weighted by atomic mass is 10.1. The molecule has 2 aliphatic rings. The number of aliphatic hydroxyl groups is 1. The highest BCUT2D eigenvalue weighted by Gasteiger charge is 2.34. The Morgan fingerprint density at radius 3 is 2.67 bits per heavy atom.